The van der Waals surface area contributed by atoms with E-state index in [4.69, 9.17) is 0 Å². The second kappa shape index (κ2) is 3.40. The summed E-state index contributed by atoms with van der Waals surface area (Å²) >= 11 is 1.96. The SMILES string of the molecule is Cn1nnc(CNC2CSC2)n1. The average Bonchev–Trinajstić information content (AvgIpc) is 2.32. The van der Waals surface area contributed by atoms with Crippen molar-refractivity contribution in [2.24, 2.45) is 7.05 Å². The van der Waals surface area contributed by atoms with Crippen molar-refractivity contribution in [3.8, 4) is 0 Å². The summed E-state index contributed by atoms with van der Waals surface area (Å²) in [5.74, 6) is 3.19. The zero-order valence-electron chi connectivity index (χ0n) is 6.90. The van der Waals surface area contributed by atoms with Crippen LogP contribution in [-0.2, 0) is 13.6 Å². The van der Waals surface area contributed by atoms with Crippen LogP contribution in [0.5, 0.6) is 0 Å². The molecule has 12 heavy (non-hydrogen) atoms. The first-order chi connectivity index (χ1) is 5.84. The van der Waals surface area contributed by atoms with Gasteiger partial charge in [-0.15, -0.1) is 10.2 Å². The van der Waals surface area contributed by atoms with Crippen LogP contribution in [0.4, 0.5) is 0 Å². The van der Waals surface area contributed by atoms with Gasteiger partial charge >= 0.3 is 0 Å². The maximum atomic E-state index is 4.07. The maximum absolute atomic E-state index is 4.07. The molecule has 1 aliphatic rings. The average molecular weight is 185 g/mol. The molecule has 66 valence electrons. The number of nitrogens with zero attached hydrogens (tertiary/aromatic N) is 4. The molecule has 0 radical (unpaired) electrons. The molecule has 2 heterocycles. The lowest BCUT2D eigenvalue weighted by molar-refractivity contribution is 0.563. The van der Waals surface area contributed by atoms with Gasteiger partial charge in [0.25, 0.3) is 0 Å². The van der Waals surface area contributed by atoms with Crippen LogP contribution >= 0.6 is 11.8 Å². The van der Waals surface area contributed by atoms with Crippen LogP contribution in [0, 0.1) is 0 Å². The monoisotopic (exact) mass is 185 g/mol. The van der Waals surface area contributed by atoms with Crippen molar-refractivity contribution < 1.29 is 0 Å². The Balaban J connectivity index is 1.79. The summed E-state index contributed by atoms with van der Waals surface area (Å²) in [6.07, 6.45) is 0. The number of nitrogens with one attached hydrogen (secondary N) is 1. The third kappa shape index (κ3) is 1.75. The summed E-state index contributed by atoms with van der Waals surface area (Å²) in [6.45, 7) is 0.735. The number of hydrogen-bond donors (Lipinski definition) is 1. The van der Waals surface area contributed by atoms with Crippen LogP contribution in [0.3, 0.4) is 0 Å². The molecule has 6 heteroatoms. The van der Waals surface area contributed by atoms with Crippen molar-refractivity contribution in [3.63, 3.8) is 0 Å². The molecule has 5 nitrogen and oxygen atoms in total. The third-order valence-corrected chi connectivity index (χ3v) is 3.01. The highest BCUT2D eigenvalue weighted by molar-refractivity contribution is 8.00. The van der Waals surface area contributed by atoms with Gasteiger partial charge in [0.05, 0.1) is 13.6 Å². The Hall–Kier alpha value is -0.620. The Labute approximate surface area is 74.9 Å². The second-order valence-electron chi connectivity index (χ2n) is 2.81. The highest BCUT2D eigenvalue weighted by Crippen LogP contribution is 2.17. The van der Waals surface area contributed by atoms with Crippen molar-refractivity contribution in [3.05, 3.63) is 5.82 Å². The van der Waals surface area contributed by atoms with Crippen molar-refractivity contribution in [2.45, 2.75) is 12.6 Å². The summed E-state index contributed by atoms with van der Waals surface area (Å²) in [4.78, 5) is 1.48. The predicted octanol–water partition coefficient (Wildman–Crippen LogP) is -0.585. The van der Waals surface area contributed by atoms with Gasteiger partial charge in [-0.05, 0) is 5.21 Å². The molecule has 0 amide bonds. The summed E-state index contributed by atoms with van der Waals surface area (Å²) in [6, 6.07) is 0.652. The Kier molecular flexibility index (Phi) is 2.27. The van der Waals surface area contributed by atoms with Crippen molar-refractivity contribution in [1.82, 2.24) is 25.5 Å². The first kappa shape index (κ1) is 8.00. The Morgan fingerprint density at radius 3 is 3.00 bits per heavy atom. The third-order valence-electron chi connectivity index (χ3n) is 1.74. The van der Waals surface area contributed by atoms with E-state index in [1.165, 1.54) is 16.3 Å². The molecule has 1 fully saturated rings. The summed E-state index contributed by atoms with van der Waals surface area (Å²) in [7, 11) is 1.77. The van der Waals surface area contributed by atoms with Gasteiger partial charge in [-0.1, -0.05) is 0 Å². The predicted molar refractivity (Wildman–Crippen MR) is 46.8 cm³/mol. The quantitative estimate of drug-likeness (QED) is 0.682. The largest absolute Gasteiger partial charge is 0.305 e. The molecular formula is C6H11N5S. The molecule has 1 aromatic rings. The van der Waals surface area contributed by atoms with Crippen LogP contribution in [-0.4, -0.2) is 37.8 Å². The number of rotatable bonds is 3. The fourth-order valence-electron chi connectivity index (χ4n) is 0.983. The van der Waals surface area contributed by atoms with Gasteiger partial charge in [-0.3, -0.25) is 0 Å². The topological polar surface area (TPSA) is 55.6 Å². The fourth-order valence-corrected chi connectivity index (χ4v) is 1.69. The Bertz CT molecular complexity index is 256. The Morgan fingerprint density at radius 2 is 2.50 bits per heavy atom. The van der Waals surface area contributed by atoms with Crippen molar-refractivity contribution in [2.75, 3.05) is 11.5 Å². The smallest absolute Gasteiger partial charge is 0.188 e. The lowest BCUT2D eigenvalue weighted by Gasteiger charge is -2.25. The number of tetrazole rings is 1. The summed E-state index contributed by atoms with van der Waals surface area (Å²) < 4.78 is 0. The zero-order valence-corrected chi connectivity index (χ0v) is 7.71. The minimum absolute atomic E-state index is 0.652. The van der Waals surface area contributed by atoms with E-state index in [0.29, 0.717) is 6.04 Å². The minimum Gasteiger partial charge on any atom is -0.305 e. The molecule has 0 atom stereocenters. The molecule has 0 spiro atoms. The molecule has 0 unspecified atom stereocenters. The van der Waals surface area contributed by atoms with Gasteiger partial charge in [0.2, 0.25) is 0 Å². The van der Waals surface area contributed by atoms with Crippen molar-refractivity contribution in [1.29, 1.82) is 0 Å². The highest BCUT2D eigenvalue weighted by atomic mass is 32.2. The molecule has 0 aliphatic carbocycles. The van der Waals surface area contributed by atoms with Crippen molar-refractivity contribution >= 4 is 11.8 Å². The van der Waals surface area contributed by atoms with Gasteiger partial charge in [-0.2, -0.15) is 16.6 Å². The van der Waals surface area contributed by atoms with E-state index in [1.54, 1.807) is 7.05 Å². The number of aromatic nitrogens is 4. The number of aryl methyl sites for hydroxylation is 1. The molecule has 0 saturated carbocycles. The van der Waals surface area contributed by atoms with E-state index in [1.807, 2.05) is 11.8 Å². The highest BCUT2D eigenvalue weighted by Gasteiger charge is 2.17. The van der Waals surface area contributed by atoms with Crippen LogP contribution < -0.4 is 5.32 Å². The van der Waals surface area contributed by atoms with Gasteiger partial charge in [0.15, 0.2) is 5.82 Å². The molecule has 0 bridgehead atoms. The zero-order chi connectivity index (χ0) is 8.39. The lowest BCUT2D eigenvalue weighted by Crippen LogP contribution is -2.39. The normalized spacial score (nSPS) is 17.8. The van der Waals surface area contributed by atoms with Gasteiger partial charge < -0.3 is 5.32 Å². The molecule has 1 aromatic heterocycles. The molecule has 1 aliphatic heterocycles. The van der Waals surface area contributed by atoms with E-state index < -0.39 is 0 Å². The summed E-state index contributed by atoms with van der Waals surface area (Å²) in [5.41, 5.74) is 0. The number of thioether (sulfide) groups is 1. The lowest BCUT2D eigenvalue weighted by atomic mass is 10.3. The Morgan fingerprint density at radius 1 is 1.67 bits per heavy atom. The molecule has 0 aromatic carbocycles. The molecular weight excluding hydrogens is 174 g/mol. The molecule has 2 rings (SSSR count). The van der Waals surface area contributed by atoms with E-state index in [-0.39, 0.29) is 0 Å². The minimum atomic E-state index is 0.652. The van der Waals surface area contributed by atoms with Crippen LogP contribution in [0.2, 0.25) is 0 Å². The first-order valence-electron chi connectivity index (χ1n) is 3.88. The summed E-state index contributed by atoms with van der Waals surface area (Å²) in [5, 5.41) is 15.0. The van der Waals surface area contributed by atoms with Gasteiger partial charge in [0.1, 0.15) is 0 Å². The van der Waals surface area contributed by atoms with Crippen LogP contribution in [0.15, 0.2) is 0 Å². The first-order valence-corrected chi connectivity index (χ1v) is 5.04. The van der Waals surface area contributed by atoms with Crippen LogP contribution in [0.25, 0.3) is 0 Å². The van der Waals surface area contributed by atoms with E-state index in [0.717, 1.165) is 12.4 Å². The van der Waals surface area contributed by atoms with E-state index in [2.05, 4.69) is 20.7 Å². The van der Waals surface area contributed by atoms with Gasteiger partial charge in [0, 0.05) is 17.5 Å². The number of hydrogen-bond acceptors (Lipinski definition) is 5. The second-order valence-corrected chi connectivity index (χ2v) is 3.89. The molecule has 1 N–H and O–H groups in total. The standard InChI is InChI=1S/C6H11N5S/c1-11-9-6(8-10-11)2-7-5-3-12-4-5/h5,7H,2-4H2,1H3. The van der Waals surface area contributed by atoms with Gasteiger partial charge in [-0.25, -0.2) is 0 Å². The van der Waals surface area contributed by atoms with E-state index >= 15 is 0 Å². The molecule has 1 saturated heterocycles. The van der Waals surface area contributed by atoms with E-state index in [9.17, 15) is 0 Å². The van der Waals surface area contributed by atoms with Crippen LogP contribution in [0.1, 0.15) is 5.82 Å². The maximum Gasteiger partial charge on any atom is 0.188 e. The fraction of sp³-hybridized carbons (Fsp3) is 0.833.